The van der Waals surface area contributed by atoms with Crippen LogP contribution in [0.3, 0.4) is 0 Å². The number of pyridine rings is 1. The molecule has 0 aliphatic rings. The Labute approximate surface area is 114 Å². The van der Waals surface area contributed by atoms with Gasteiger partial charge in [-0.3, -0.25) is 4.79 Å². The second-order valence-electron chi connectivity index (χ2n) is 4.99. The summed E-state index contributed by atoms with van der Waals surface area (Å²) in [5.74, 6) is 1.01. The van der Waals surface area contributed by atoms with Gasteiger partial charge in [0.1, 0.15) is 5.82 Å². The quantitative estimate of drug-likeness (QED) is 0.729. The molecule has 0 fully saturated rings. The van der Waals surface area contributed by atoms with E-state index in [1.54, 1.807) is 12.3 Å². The lowest BCUT2D eigenvalue weighted by Gasteiger charge is -2.11. The summed E-state index contributed by atoms with van der Waals surface area (Å²) < 4.78 is 0. The monoisotopic (exact) mass is 265 g/mol. The maximum Gasteiger partial charge on any atom is 0.252 e. The van der Waals surface area contributed by atoms with E-state index in [0.717, 1.165) is 18.7 Å². The highest BCUT2D eigenvalue weighted by molar-refractivity contribution is 5.94. The van der Waals surface area contributed by atoms with Crippen molar-refractivity contribution in [1.29, 1.82) is 0 Å². The first-order valence-electron chi connectivity index (χ1n) is 6.57. The van der Waals surface area contributed by atoms with E-state index in [1.807, 2.05) is 32.0 Å². The molecule has 5 nitrogen and oxygen atoms in total. The van der Waals surface area contributed by atoms with Crippen LogP contribution in [0.2, 0.25) is 0 Å². The Morgan fingerprint density at radius 1 is 1.47 bits per heavy atom. The van der Waals surface area contributed by atoms with Gasteiger partial charge in [-0.2, -0.15) is 0 Å². The van der Waals surface area contributed by atoms with Crippen LogP contribution in [0, 0.1) is 5.92 Å². The minimum atomic E-state index is -0.102. The number of hydrogen-bond donors (Lipinski definition) is 2. The lowest BCUT2D eigenvalue weighted by Crippen LogP contribution is -2.25. The van der Waals surface area contributed by atoms with Crippen molar-refractivity contribution in [3.05, 3.63) is 23.9 Å². The van der Waals surface area contributed by atoms with Crippen molar-refractivity contribution >= 4 is 11.7 Å². The molecule has 19 heavy (non-hydrogen) atoms. The van der Waals surface area contributed by atoms with Crippen LogP contribution in [-0.4, -0.2) is 43.2 Å². The molecule has 0 saturated carbocycles. The number of nitrogens with one attached hydrogen (secondary N) is 1. The Balaban J connectivity index is 2.37. The summed E-state index contributed by atoms with van der Waals surface area (Å²) in [6.07, 6.45) is 3.37. The van der Waals surface area contributed by atoms with Gasteiger partial charge in [0.05, 0.1) is 5.56 Å². The zero-order chi connectivity index (χ0) is 14.3. The van der Waals surface area contributed by atoms with Crippen LogP contribution >= 0.6 is 0 Å². The Hall–Kier alpha value is -1.62. The zero-order valence-corrected chi connectivity index (χ0v) is 11.9. The Morgan fingerprint density at radius 3 is 2.74 bits per heavy atom. The number of rotatable bonds is 7. The lowest BCUT2D eigenvalue weighted by atomic mass is 10.1. The van der Waals surface area contributed by atoms with Gasteiger partial charge in [0, 0.05) is 33.4 Å². The van der Waals surface area contributed by atoms with Crippen molar-refractivity contribution in [2.75, 3.05) is 32.1 Å². The molecule has 0 saturated heterocycles. The summed E-state index contributed by atoms with van der Waals surface area (Å²) in [7, 11) is 3.81. The number of aliphatic hydroxyl groups excluding tert-OH is 1. The van der Waals surface area contributed by atoms with Crippen molar-refractivity contribution in [3.8, 4) is 0 Å². The summed E-state index contributed by atoms with van der Waals surface area (Å²) in [4.78, 5) is 17.9. The molecule has 5 heteroatoms. The van der Waals surface area contributed by atoms with Crippen LogP contribution in [0.5, 0.6) is 0 Å². The van der Waals surface area contributed by atoms with E-state index in [4.69, 9.17) is 5.11 Å². The number of nitrogens with zero attached hydrogens (tertiary/aromatic N) is 2. The van der Waals surface area contributed by atoms with Crippen LogP contribution < -0.4 is 10.2 Å². The van der Waals surface area contributed by atoms with Gasteiger partial charge in [-0.05, 0) is 30.9 Å². The van der Waals surface area contributed by atoms with Crippen molar-refractivity contribution in [3.63, 3.8) is 0 Å². The third kappa shape index (κ3) is 5.26. The van der Waals surface area contributed by atoms with E-state index >= 15 is 0 Å². The van der Waals surface area contributed by atoms with E-state index in [2.05, 4.69) is 10.3 Å². The second-order valence-corrected chi connectivity index (χ2v) is 4.99. The Bertz CT molecular complexity index is 390. The normalized spacial score (nSPS) is 12.0. The first-order valence-corrected chi connectivity index (χ1v) is 6.57. The maximum absolute atomic E-state index is 11.8. The molecule has 0 bridgehead atoms. The molecule has 1 aromatic heterocycles. The number of carbonyl (C=O) groups is 1. The topological polar surface area (TPSA) is 65.5 Å². The smallest absolute Gasteiger partial charge is 0.252 e. The van der Waals surface area contributed by atoms with Crippen LogP contribution in [0.25, 0.3) is 0 Å². The highest BCUT2D eigenvalue weighted by atomic mass is 16.3. The molecule has 1 atom stereocenters. The molecule has 1 unspecified atom stereocenters. The number of hydrogen-bond acceptors (Lipinski definition) is 4. The molecule has 1 amide bonds. The minimum absolute atomic E-state index is 0.102. The summed E-state index contributed by atoms with van der Waals surface area (Å²) in [5.41, 5.74) is 0.570. The standard InChI is InChI=1S/C14H23N3O2/c1-11(10-18)5-4-8-15-14(19)12-6-7-13(16-9-12)17(2)3/h6-7,9,11,18H,4-5,8,10H2,1-3H3,(H,15,19). The molecule has 0 aromatic carbocycles. The predicted molar refractivity (Wildman–Crippen MR) is 76.4 cm³/mol. The van der Waals surface area contributed by atoms with Gasteiger partial charge in [0.15, 0.2) is 0 Å². The fraction of sp³-hybridized carbons (Fsp3) is 0.571. The molecule has 0 aliphatic carbocycles. The van der Waals surface area contributed by atoms with E-state index in [0.29, 0.717) is 12.1 Å². The van der Waals surface area contributed by atoms with Gasteiger partial charge in [-0.1, -0.05) is 6.92 Å². The Morgan fingerprint density at radius 2 is 2.21 bits per heavy atom. The molecule has 1 rings (SSSR count). The molecular weight excluding hydrogens is 242 g/mol. The van der Waals surface area contributed by atoms with Crippen molar-refractivity contribution in [2.24, 2.45) is 5.92 Å². The third-order valence-electron chi connectivity index (χ3n) is 2.94. The second kappa shape index (κ2) is 7.74. The molecule has 0 radical (unpaired) electrons. The van der Waals surface area contributed by atoms with Gasteiger partial charge in [-0.15, -0.1) is 0 Å². The van der Waals surface area contributed by atoms with Crippen molar-refractivity contribution in [1.82, 2.24) is 10.3 Å². The summed E-state index contributed by atoms with van der Waals surface area (Å²) >= 11 is 0. The van der Waals surface area contributed by atoms with Gasteiger partial charge in [-0.25, -0.2) is 4.98 Å². The van der Waals surface area contributed by atoms with Gasteiger partial charge in [0.2, 0.25) is 0 Å². The Kier molecular flexibility index (Phi) is 6.29. The van der Waals surface area contributed by atoms with Crippen LogP contribution in [0.4, 0.5) is 5.82 Å². The van der Waals surface area contributed by atoms with Crippen LogP contribution in [0.1, 0.15) is 30.1 Å². The fourth-order valence-corrected chi connectivity index (χ4v) is 1.63. The molecule has 1 aromatic rings. The molecule has 0 spiro atoms. The largest absolute Gasteiger partial charge is 0.396 e. The highest BCUT2D eigenvalue weighted by Gasteiger charge is 2.06. The molecule has 0 aliphatic heterocycles. The van der Waals surface area contributed by atoms with Crippen LogP contribution in [-0.2, 0) is 0 Å². The average molecular weight is 265 g/mol. The number of anilines is 1. The maximum atomic E-state index is 11.8. The average Bonchev–Trinajstić information content (AvgIpc) is 2.43. The lowest BCUT2D eigenvalue weighted by molar-refractivity contribution is 0.0951. The molecular formula is C14H23N3O2. The summed E-state index contributed by atoms with van der Waals surface area (Å²) in [6.45, 7) is 2.81. The number of carbonyl (C=O) groups excluding carboxylic acids is 1. The fourth-order valence-electron chi connectivity index (χ4n) is 1.63. The summed E-state index contributed by atoms with van der Waals surface area (Å²) in [5, 5.41) is 11.7. The first-order chi connectivity index (χ1) is 9.04. The highest BCUT2D eigenvalue weighted by Crippen LogP contribution is 2.08. The van der Waals surface area contributed by atoms with E-state index in [1.165, 1.54) is 0 Å². The van der Waals surface area contributed by atoms with Crippen LogP contribution in [0.15, 0.2) is 18.3 Å². The number of aromatic nitrogens is 1. The van der Waals surface area contributed by atoms with Gasteiger partial charge < -0.3 is 15.3 Å². The zero-order valence-electron chi connectivity index (χ0n) is 11.9. The summed E-state index contributed by atoms with van der Waals surface area (Å²) in [6, 6.07) is 3.59. The van der Waals surface area contributed by atoms with Crippen molar-refractivity contribution < 1.29 is 9.90 Å². The van der Waals surface area contributed by atoms with Gasteiger partial charge in [0.25, 0.3) is 5.91 Å². The minimum Gasteiger partial charge on any atom is -0.396 e. The van der Waals surface area contributed by atoms with E-state index < -0.39 is 0 Å². The van der Waals surface area contributed by atoms with Gasteiger partial charge >= 0.3 is 0 Å². The SMILES string of the molecule is CC(CO)CCCNC(=O)c1ccc(N(C)C)nc1. The third-order valence-corrected chi connectivity index (χ3v) is 2.94. The van der Waals surface area contributed by atoms with E-state index in [9.17, 15) is 4.79 Å². The molecule has 106 valence electrons. The number of amides is 1. The molecule has 1 heterocycles. The van der Waals surface area contributed by atoms with E-state index in [-0.39, 0.29) is 18.4 Å². The first kappa shape index (κ1) is 15.4. The number of aliphatic hydroxyl groups is 1. The predicted octanol–water partition coefficient (Wildman–Crippen LogP) is 1.29. The molecule has 2 N–H and O–H groups in total. The van der Waals surface area contributed by atoms with Crippen molar-refractivity contribution in [2.45, 2.75) is 19.8 Å².